The van der Waals surface area contributed by atoms with Crippen LogP contribution in [-0.2, 0) is 0 Å². The molecule has 1 aliphatic carbocycles. The lowest BCUT2D eigenvalue weighted by Gasteiger charge is -2.26. The molecule has 3 aromatic rings. The number of allylic oxidation sites excluding steroid dienone is 1. The maximum absolute atomic E-state index is 12.0. The molecule has 0 aliphatic heterocycles. The number of nitro groups is 1. The minimum atomic E-state index is -0.446. The molecule has 0 atom stereocenters. The SMILES string of the molecule is O=[N+]([O-])c1c(NCCC2=CCCCC2)ncnc1NN(c1ccccc1)c1ccccc1. The fourth-order valence-electron chi connectivity index (χ4n) is 3.77. The summed E-state index contributed by atoms with van der Waals surface area (Å²) in [5.74, 6) is 0.335. The summed E-state index contributed by atoms with van der Waals surface area (Å²) in [6, 6.07) is 19.2. The second-order valence-corrected chi connectivity index (χ2v) is 7.58. The van der Waals surface area contributed by atoms with Crippen molar-refractivity contribution in [2.75, 3.05) is 22.3 Å². The van der Waals surface area contributed by atoms with Gasteiger partial charge in [-0.15, -0.1) is 0 Å². The summed E-state index contributed by atoms with van der Waals surface area (Å²) in [6.45, 7) is 0.588. The van der Waals surface area contributed by atoms with Crippen molar-refractivity contribution in [3.63, 3.8) is 0 Å². The molecule has 0 fully saturated rings. The molecule has 0 saturated carbocycles. The molecule has 0 amide bonds. The predicted octanol–water partition coefficient (Wildman–Crippen LogP) is 5.85. The van der Waals surface area contributed by atoms with Crippen LogP contribution in [0.4, 0.5) is 28.7 Å². The third kappa shape index (κ3) is 5.21. The Morgan fingerprint density at radius 3 is 2.19 bits per heavy atom. The van der Waals surface area contributed by atoms with Crippen LogP contribution in [0.25, 0.3) is 0 Å². The Hall–Kier alpha value is -3.94. The van der Waals surface area contributed by atoms with E-state index in [4.69, 9.17) is 0 Å². The smallest absolute Gasteiger partial charge is 0.354 e. The molecule has 1 heterocycles. The Bertz CT molecular complexity index is 1030. The number of hydrazine groups is 1. The van der Waals surface area contributed by atoms with E-state index in [0.717, 1.165) is 30.6 Å². The van der Waals surface area contributed by atoms with E-state index in [-0.39, 0.29) is 17.3 Å². The van der Waals surface area contributed by atoms with Gasteiger partial charge in [0.05, 0.1) is 16.3 Å². The van der Waals surface area contributed by atoms with Crippen LogP contribution in [0.5, 0.6) is 0 Å². The Morgan fingerprint density at radius 1 is 0.938 bits per heavy atom. The van der Waals surface area contributed by atoms with Crippen LogP contribution in [0.1, 0.15) is 32.1 Å². The van der Waals surface area contributed by atoms with E-state index in [1.165, 1.54) is 24.7 Å². The standard InChI is InChI=1S/C24H26N6O2/c31-30(32)22-23(25-17-16-19-10-4-1-5-11-19)26-18-27-24(22)28-29(20-12-6-2-7-13-20)21-14-8-3-9-15-21/h2-3,6-10,12-15,18H,1,4-5,11,16-17H2,(H2,25,26,27,28). The number of hydrogen-bond acceptors (Lipinski definition) is 7. The van der Waals surface area contributed by atoms with Crippen LogP contribution in [0.2, 0.25) is 0 Å². The van der Waals surface area contributed by atoms with Gasteiger partial charge in [-0.05, 0) is 56.4 Å². The summed E-state index contributed by atoms with van der Waals surface area (Å²) in [5, 5.41) is 16.9. The molecule has 8 heteroatoms. The van der Waals surface area contributed by atoms with Gasteiger partial charge in [-0.3, -0.25) is 20.5 Å². The molecule has 1 aromatic heterocycles. The third-order valence-electron chi connectivity index (χ3n) is 5.37. The topological polar surface area (TPSA) is 96.2 Å². The first-order chi connectivity index (χ1) is 15.7. The predicted molar refractivity (Wildman–Crippen MR) is 127 cm³/mol. The number of benzene rings is 2. The molecular formula is C24H26N6O2. The summed E-state index contributed by atoms with van der Waals surface area (Å²) in [6.07, 6.45) is 9.14. The van der Waals surface area contributed by atoms with Gasteiger partial charge in [-0.25, -0.2) is 9.97 Å². The van der Waals surface area contributed by atoms with Crippen LogP contribution in [-0.4, -0.2) is 21.4 Å². The maximum atomic E-state index is 12.0. The molecule has 0 spiro atoms. The number of rotatable bonds is 9. The highest BCUT2D eigenvalue weighted by Crippen LogP contribution is 2.33. The Morgan fingerprint density at radius 2 is 1.59 bits per heavy atom. The van der Waals surface area contributed by atoms with E-state index >= 15 is 0 Å². The van der Waals surface area contributed by atoms with Crippen LogP contribution in [0.15, 0.2) is 78.6 Å². The van der Waals surface area contributed by atoms with Crippen molar-refractivity contribution in [2.24, 2.45) is 0 Å². The normalized spacial score (nSPS) is 13.2. The molecular weight excluding hydrogens is 404 g/mol. The van der Waals surface area contributed by atoms with Gasteiger partial charge < -0.3 is 5.32 Å². The number of anilines is 4. The van der Waals surface area contributed by atoms with Crippen LogP contribution in [0.3, 0.4) is 0 Å². The highest BCUT2D eigenvalue weighted by atomic mass is 16.6. The van der Waals surface area contributed by atoms with E-state index < -0.39 is 4.92 Å². The van der Waals surface area contributed by atoms with Gasteiger partial charge in [-0.1, -0.05) is 48.0 Å². The lowest BCUT2D eigenvalue weighted by atomic mass is 9.97. The fourth-order valence-corrected chi connectivity index (χ4v) is 3.77. The summed E-state index contributed by atoms with van der Waals surface area (Å²) in [5.41, 5.74) is 6.00. The van der Waals surface area contributed by atoms with Crippen molar-refractivity contribution >= 4 is 28.7 Å². The van der Waals surface area contributed by atoms with Crippen molar-refractivity contribution in [3.05, 3.63) is 88.8 Å². The quantitative estimate of drug-likeness (QED) is 0.250. The minimum Gasteiger partial charge on any atom is -0.364 e. The lowest BCUT2D eigenvalue weighted by Crippen LogP contribution is -2.26. The molecule has 32 heavy (non-hydrogen) atoms. The summed E-state index contributed by atoms with van der Waals surface area (Å²) in [7, 11) is 0. The number of para-hydroxylation sites is 2. The third-order valence-corrected chi connectivity index (χ3v) is 5.37. The lowest BCUT2D eigenvalue weighted by molar-refractivity contribution is -0.383. The fraction of sp³-hybridized carbons (Fsp3) is 0.250. The van der Waals surface area contributed by atoms with E-state index in [9.17, 15) is 10.1 Å². The zero-order valence-corrected chi connectivity index (χ0v) is 17.8. The molecule has 0 unspecified atom stereocenters. The van der Waals surface area contributed by atoms with Gasteiger partial charge >= 0.3 is 5.69 Å². The van der Waals surface area contributed by atoms with Gasteiger partial charge in [0.1, 0.15) is 6.33 Å². The number of nitrogens with one attached hydrogen (secondary N) is 2. The minimum absolute atomic E-state index is 0.122. The van der Waals surface area contributed by atoms with Crippen molar-refractivity contribution in [1.82, 2.24) is 9.97 Å². The number of hydrogen-bond donors (Lipinski definition) is 2. The molecule has 1 aliphatic rings. The largest absolute Gasteiger partial charge is 0.364 e. The summed E-state index contributed by atoms with van der Waals surface area (Å²) in [4.78, 5) is 19.9. The zero-order chi connectivity index (χ0) is 22.2. The van der Waals surface area contributed by atoms with Crippen LogP contribution >= 0.6 is 0 Å². The molecule has 0 radical (unpaired) electrons. The monoisotopic (exact) mass is 430 g/mol. The van der Waals surface area contributed by atoms with Crippen molar-refractivity contribution in [3.8, 4) is 0 Å². The van der Waals surface area contributed by atoms with E-state index in [2.05, 4.69) is 26.8 Å². The highest BCUT2D eigenvalue weighted by molar-refractivity contribution is 5.74. The van der Waals surface area contributed by atoms with Crippen LogP contribution in [0, 0.1) is 10.1 Å². The summed E-state index contributed by atoms with van der Waals surface area (Å²) >= 11 is 0. The second kappa shape index (κ2) is 10.4. The van der Waals surface area contributed by atoms with Crippen LogP contribution < -0.4 is 15.8 Å². The van der Waals surface area contributed by atoms with Gasteiger partial charge in [0.15, 0.2) is 0 Å². The van der Waals surface area contributed by atoms with E-state index in [1.807, 2.05) is 60.7 Å². The average Bonchev–Trinajstić information content (AvgIpc) is 2.84. The molecule has 4 rings (SSSR count). The molecule has 2 aromatic carbocycles. The van der Waals surface area contributed by atoms with Crippen molar-refractivity contribution in [2.45, 2.75) is 32.1 Å². The Balaban J connectivity index is 1.59. The summed E-state index contributed by atoms with van der Waals surface area (Å²) < 4.78 is 0. The molecule has 0 saturated heterocycles. The van der Waals surface area contributed by atoms with Gasteiger partial charge in [0.2, 0.25) is 11.6 Å². The first-order valence-corrected chi connectivity index (χ1v) is 10.8. The Kier molecular flexibility index (Phi) is 6.91. The molecule has 2 N–H and O–H groups in total. The first-order valence-electron chi connectivity index (χ1n) is 10.8. The highest BCUT2D eigenvalue weighted by Gasteiger charge is 2.25. The van der Waals surface area contributed by atoms with Crippen molar-refractivity contribution < 1.29 is 4.92 Å². The zero-order valence-electron chi connectivity index (χ0n) is 17.8. The van der Waals surface area contributed by atoms with Crippen molar-refractivity contribution in [1.29, 1.82) is 0 Å². The molecule has 164 valence electrons. The number of aromatic nitrogens is 2. The van der Waals surface area contributed by atoms with Gasteiger partial charge in [-0.2, -0.15) is 0 Å². The number of nitrogens with zero attached hydrogens (tertiary/aromatic N) is 4. The van der Waals surface area contributed by atoms with E-state index in [0.29, 0.717) is 6.54 Å². The Labute approximate surface area is 187 Å². The molecule has 0 bridgehead atoms. The first kappa shape index (κ1) is 21.3. The van der Waals surface area contributed by atoms with E-state index in [1.54, 1.807) is 5.01 Å². The van der Waals surface area contributed by atoms with Gasteiger partial charge in [0, 0.05) is 6.54 Å². The average molecular weight is 431 g/mol. The second-order valence-electron chi connectivity index (χ2n) is 7.58. The van der Waals surface area contributed by atoms with Gasteiger partial charge in [0.25, 0.3) is 0 Å². The molecule has 8 nitrogen and oxygen atoms in total. The maximum Gasteiger partial charge on any atom is 0.354 e.